The van der Waals surface area contributed by atoms with E-state index in [-0.39, 0.29) is 23.8 Å². The number of carbonyl (C=O) groups is 1. The van der Waals surface area contributed by atoms with Crippen LogP contribution in [0, 0.1) is 17.7 Å². The average Bonchev–Trinajstić information content (AvgIpc) is 2.77. The van der Waals surface area contributed by atoms with Crippen LogP contribution in [0.25, 0.3) is 0 Å². The Labute approximate surface area is 176 Å². The number of benzene rings is 1. The number of amides is 1. The Bertz CT molecular complexity index is 939. The Balaban J connectivity index is 1.46. The molecule has 4 atom stereocenters. The highest BCUT2D eigenvalue weighted by Crippen LogP contribution is 2.43. The summed E-state index contributed by atoms with van der Waals surface area (Å²) < 4.78 is 19.1. The molecule has 7 heteroatoms. The van der Waals surface area contributed by atoms with Crippen LogP contribution in [0.1, 0.15) is 31.2 Å². The van der Waals surface area contributed by atoms with Gasteiger partial charge in [0.25, 0.3) is 0 Å². The molecule has 6 nitrogen and oxygen atoms in total. The van der Waals surface area contributed by atoms with Crippen LogP contribution in [0.3, 0.4) is 0 Å². The molecule has 0 radical (unpaired) electrons. The normalized spacial score (nSPS) is 28.3. The van der Waals surface area contributed by atoms with E-state index in [1.54, 1.807) is 25.6 Å². The summed E-state index contributed by atoms with van der Waals surface area (Å²) in [5.41, 5.74) is 0.955. The topological polar surface area (TPSA) is 58.6 Å². The number of carbonyl (C=O) groups excluding carboxylic acids is 1. The van der Waals surface area contributed by atoms with Crippen LogP contribution in [0.15, 0.2) is 36.7 Å². The number of rotatable bonds is 4. The summed E-state index contributed by atoms with van der Waals surface area (Å²) in [6.45, 7) is 1.71. The summed E-state index contributed by atoms with van der Waals surface area (Å²) >= 11 is 0. The van der Waals surface area contributed by atoms with Gasteiger partial charge in [0.05, 0.1) is 7.11 Å². The summed E-state index contributed by atoms with van der Waals surface area (Å²) in [4.78, 5) is 26.1. The molecule has 4 heterocycles. The molecule has 1 aromatic heterocycles. The van der Waals surface area contributed by atoms with E-state index in [0.29, 0.717) is 30.6 Å². The first-order valence-corrected chi connectivity index (χ1v) is 10.8. The van der Waals surface area contributed by atoms with Crippen molar-refractivity contribution in [2.75, 3.05) is 25.1 Å². The molecule has 0 unspecified atom stereocenters. The van der Waals surface area contributed by atoms with E-state index in [0.717, 1.165) is 43.7 Å². The molecule has 5 rings (SSSR count). The van der Waals surface area contributed by atoms with E-state index in [9.17, 15) is 9.18 Å². The highest BCUT2D eigenvalue weighted by Gasteiger charge is 2.49. The predicted octanol–water partition coefficient (Wildman–Crippen LogP) is 3.07. The number of piperidine rings is 3. The van der Waals surface area contributed by atoms with Gasteiger partial charge >= 0.3 is 0 Å². The summed E-state index contributed by atoms with van der Waals surface area (Å²) in [5, 5.41) is 0. The number of hydrogen-bond donors (Lipinski definition) is 0. The lowest BCUT2D eigenvalue weighted by atomic mass is 9.71. The van der Waals surface area contributed by atoms with Crippen molar-refractivity contribution < 1.29 is 13.9 Å². The number of fused-ring (bicyclic) bond motifs is 4. The summed E-state index contributed by atoms with van der Waals surface area (Å²) in [7, 11) is 1.61. The molecule has 3 fully saturated rings. The zero-order valence-corrected chi connectivity index (χ0v) is 17.2. The molecular formula is C23H27FN4O2. The van der Waals surface area contributed by atoms with Crippen LogP contribution < -0.4 is 9.64 Å². The third-order valence-electron chi connectivity index (χ3n) is 6.99. The highest BCUT2D eigenvalue weighted by molar-refractivity contribution is 5.78. The average molecular weight is 410 g/mol. The minimum atomic E-state index is -0.221. The van der Waals surface area contributed by atoms with Crippen molar-refractivity contribution in [3.8, 4) is 5.88 Å². The van der Waals surface area contributed by atoms with Crippen molar-refractivity contribution in [3.05, 3.63) is 48.0 Å². The fourth-order valence-corrected chi connectivity index (χ4v) is 5.74. The number of methoxy groups -OCH3 is 1. The number of anilines is 1. The standard InChI is InChI=1S/C23H27FN4O2/c1-30-22-11-21(25-14-26-22)27-12-16-10-17(13-27)20(9-15-4-2-5-18(24)8-15)28-19(16)6-3-7-23(28)29/h2,4-5,8,11,14,16-17,19-20H,3,6-7,9-10,12-13H2,1H3/t16-,17+,19+,20+/m1/s1. The minimum Gasteiger partial charge on any atom is -0.481 e. The first-order valence-electron chi connectivity index (χ1n) is 10.8. The van der Waals surface area contributed by atoms with E-state index < -0.39 is 0 Å². The maximum absolute atomic E-state index is 13.8. The third-order valence-corrected chi connectivity index (χ3v) is 6.99. The van der Waals surface area contributed by atoms with Crippen LogP contribution in [-0.4, -0.2) is 53.1 Å². The molecule has 30 heavy (non-hydrogen) atoms. The molecule has 3 saturated heterocycles. The lowest BCUT2D eigenvalue weighted by Gasteiger charge is -2.57. The molecule has 2 bridgehead atoms. The molecule has 0 spiro atoms. The maximum atomic E-state index is 13.8. The molecule has 3 aliphatic heterocycles. The van der Waals surface area contributed by atoms with Crippen molar-refractivity contribution in [2.45, 2.75) is 44.2 Å². The first kappa shape index (κ1) is 19.3. The molecule has 1 aromatic carbocycles. The summed E-state index contributed by atoms with van der Waals surface area (Å²) in [6.07, 6.45) is 5.96. The van der Waals surface area contributed by atoms with Gasteiger partial charge in [-0.3, -0.25) is 4.79 Å². The quantitative estimate of drug-likeness (QED) is 0.775. The second kappa shape index (κ2) is 7.85. The molecule has 2 aromatic rings. The smallest absolute Gasteiger partial charge is 0.223 e. The SMILES string of the molecule is COc1cc(N2C[C@H]3C[C@@H](C2)[C@H](Cc2cccc(F)c2)N2C(=O)CCC[C@@H]32)ncn1. The van der Waals surface area contributed by atoms with Crippen LogP contribution >= 0.6 is 0 Å². The minimum absolute atomic E-state index is 0.0902. The number of aromatic nitrogens is 2. The Morgan fingerprint density at radius 2 is 2.07 bits per heavy atom. The van der Waals surface area contributed by atoms with Crippen molar-refractivity contribution in [1.82, 2.24) is 14.9 Å². The Morgan fingerprint density at radius 1 is 1.20 bits per heavy atom. The van der Waals surface area contributed by atoms with Crippen LogP contribution in [0.4, 0.5) is 10.2 Å². The van der Waals surface area contributed by atoms with Gasteiger partial charge in [-0.2, -0.15) is 0 Å². The number of halogens is 1. The van der Waals surface area contributed by atoms with Gasteiger partial charge in [0, 0.05) is 37.7 Å². The van der Waals surface area contributed by atoms with Crippen LogP contribution in [0.2, 0.25) is 0 Å². The molecule has 0 aliphatic carbocycles. The lowest BCUT2D eigenvalue weighted by Crippen LogP contribution is -2.65. The molecule has 3 aliphatic rings. The van der Waals surface area contributed by atoms with Gasteiger partial charge in [0.2, 0.25) is 11.8 Å². The summed E-state index contributed by atoms with van der Waals surface area (Å²) in [6, 6.07) is 9.03. The van der Waals surface area contributed by atoms with E-state index >= 15 is 0 Å². The number of nitrogens with zero attached hydrogens (tertiary/aromatic N) is 4. The number of hydrogen-bond acceptors (Lipinski definition) is 5. The maximum Gasteiger partial charge on any atom is 0.223 e. The van der Waals surface area contributed by atoms with Crippen LogP contribution in [-0.2, 0) is 11.2 Å². The Kier molecular flexibility index (Phi) is 5.05. The fraction of sp³-hybridized carbons (Fsp3) is 0.522. The Morgan fingerprint density at radius 3 is 2.90 bits per heavy atom. The molecule has 0 N–H and O–H groups in total. The third kappa shape index (κ3) is 3.50. The number of ether oxygens (including phenoxy) is 1. The monoisotopic (exact) mass is 410 g/mol. The molecular weight excluding hydrogens is 383 g/mol. The second-order valence-corrected chi connectivity index (χ2v) is 8.74. The summed E-state index contributed by atoms with van der Waals surface area (Å²) in [5.74, 6) is 2.22. The van der Waals surface area contributed by atoms with Crippen molar-refractivity contribution in [2.24, 2.45) is 11.8 Å². The van der Waals surface area contributed by atoms with Crippen molar-refractivity contribution in [1.29, 1.82) is 0 Å². The Hall–Kier alpha value is -2.70. The zero-order valence-electron chi connectivity index (χ0n) is 17.2. The predicted molar refractivity (Wildman–Crippen MR) is 111 cm³/mol. The van der Waals surface area contributed by atoms with Gasteiger partial charge in [0.1, 0.15) is 18.0 Å². The fourth-order valence-electron chi connectivity index (χ4n) is 5.74. The van der Waals surface area contributed by atoms with Gasteiger partial charge < -0.3 is 14.5 Å². The van der Waals surface area contributed by atoms with E-state index in [4.69, 9.17) is 4.74 Å². The van der Waals surface area contributed by atoms with Gasteiger partial charge in [-0.05, 0) is 55.2 Å². The van der Waals surface area contributed by atoms with Gasteiger partial charge in [0.15, 0.2) is 0 Å². The molecule has 158 valence electrons. The lowest BCUT2D eigenvalue weighted by molar-refractivity contribution is -0.148. The van der Waals surface area contributed by atoms with Crippen molar-refractivity contribution >= 4 is 11.7 Å². The zero-order chi connectivity index (χ0) is 20.7. The van der Waals surface area contributed by atoms with Gasteiger partial charge in [-0.25, -0.2) is 14.4 Å². The molecule has 0 saturated carbocycles. The van der Waals surface area contributed by atoms with E-state index in [1.807, 2.05) is 12.1 Å². The van der Waals surface area contributed by atoms with E-state index in [1.165, 1.54) is 6.07 Å². The molecule has 1 amide bonds. The van der Waals surface area contributed by atoms with Crippen LogP contribution in [0.5, 0.6) is 5.88 Å². The van der Waals surface area contributed by atoms with E-state index in [2.05, 4.69) is 19.8 Å². The highest BCUT2D eigenvalue weighted by atomic mass is 19.1. The van der Waals surface area contributed by atoms with Gasteiger partial charge in [-0.15, -0.1) is 0 Å². The first-order chi connectivity index (χ1) is 14.6. The second-order valence-electron chi connectivity index (χ2n) is 8.74. The largest absolute Gasteiger partial charge is 0.481 e. The van der Waals surface area contributed by atoms with Crippen molar-refractivity contribution in [3.63, 3.8) is 0 Å². The van der Waals surface area contributed by atoms with Gasteiger partial charge in [-0.1, -0.05) is 12.1 Å².